The molecular formula is C22H16ClN3O2S2. The van der Waals surface area contributed by atoms with Gasteiger partial charge in [-0.25, -0.2) is 0 Å². The molecule has 3 N–H and O–H groups in total. The van der Waals surface area contributed by atoms with Crippen LogP contribution in [0.5, 0.6) is 0 Å². The van der Waals surface area contributed by atoms with Crippen molar-refractivity contribution in [2.45, 2.75) is 6.42 Å². The molecule has 0 bridgehead atoms. The molecule has 0 aliphatic heterocycles. The van der Waals surface area contributed by atoms with Crippen molar-refractivity contribution in [2.75, 3.05) is 0 Å². The zero-order chi connectivity index (χ0) is 21.1. The number of fused-ring (bicyclic) bond motifs is 2. The van der Waals surface area contributed by atoms with Gasteiger partial charge in [-0.05, 0) is 34.6 Å². The van der Waals surface area contributed by atoms with E-state index in [1.165, 1.54) is 11.3 Å². The monoisotopic (exact) mass is 453 g/mol. The topological polar surface area (TPSA) is 70.2 Å². The number of thiophene rings is 1. The number of carbonyl (C=O) groups excluding carboxylic acids is 2. The van der Waals surface area contributed by atoms with E-state index in [1.807, 2.05) is 66.7 Å². The highest BCUT2D eigenvalue weighted by Gasteiger charge is 2.17. The molecule has 4 rings (SSSR count). The number of amides is 2. The Balaban J connectivity index is 1.35. The van der Waals surface area contributed by atoms with Crippen LogP contribution in [0.2, 0.25) is 5.02 Å². The molecule has 0 aliphatic carbocycles. The highest BCUT2D eigenvalue weighted by molar-refractivity contribution is 7.80. The molecule has 30 heavy (non-hydrogen) atoms. The first-order valence-electron chi connectivity index (χ1n) is 9.07. The van der Waals surface area contributed by atoms with Gasteiger partial charge in [0.15, 0.2) is 5.11 Å². The molecule has 5 nitrogen and oxygen atoms in total. The molecule has 0 fully saturated rings. The molecule has 0 spiro atoms. The summed E-state index contributed by atoms with van der Waals surface area (Å²) < 4.78 is 0.915. The van der Waals surface area contributed by atoms with E-state index in [0.717, 1.165) is 26.4 Å². The quantitative estimate of drug-likeness (QED) is 0.313. The summed E-state index contributed by atoms with van der Waals surface area (Å²) in [5.74, 6) is -0.704. The number of benzene rings is 3. The summed E-state index contributed by atoms with van der Waals surface area (Å²) in [4.78, 5) is 25.2. The van der Waals surface area contributed by atoms with Crippen LogP contribution >= 0.6 is 35.2 Å². The third-order valence-corrected chi connectivity index (χ3v) is 6.39. The van der Waals surface area contributed by atoms with Crippen LogP contribution < -0.4 is 16.2 Å². The lowest BCUT2D eigenvalue weighted by Crippen LogP contribution is -2.48. The fourth-order valence-corrected chi connectivity index (χ4v) is 4.73. The van der Waals surface area contributed by atoms with Crippen LogP contribution in [-0.2, 0) is 11.2 Å². The Labute approximate surface area is 187 Å². The van der Waals surface area contributed by atoms with Gasteiger partial charge in [0.2, 0.25) is 5.91 Å². The Hall–Kier alpha value is -3.00. The van der Waals surface area contributed by atoms with Gasteiger partial charge in [-0.1, -0.05) is 72.3 Å². The maximum absolute atomic E-state index is 12.4. The summed E-state index contributed by atoms with van der Waals surface area (Å²) in [5, 5.41) is 5.87. The normalized spacial score (nSPS) is 10.7. The molecule has 0 unspecified atom stereocenters. The van der Waals surface area contributed by atoms with Gasteiger partial charge in [0.1, 0.15) is 4.88 Å². The number of hydrogen-bond donors (Lipinski definition) is 3. The molecule has 1 aromatic heterocycles. The number of hydrogen-bond acceptors (Lipinski definition) is 4. The van der Waals surface area contributed by atoms with Gasteiger partial charge in [0.25, 0.3) is 5.91 Å². The molecular weight excluding hydrogens is 438 g/mol. The van der Waals surface area contributed by atoms with Gasteiger partial charge in [-0.2, -0.15) is 0 Å². The minimum Gasteiger partial charge on any atom is -0.302 e. The van der Waals surface area contributed by atoms with Crippen LogP contribution in [0.1, 0.15) is 15.2 Å². The van der Waals surface area contributed by atoms with Crippen molar-refractivity contribution >= 4 is 72.9 Å². The van der Waals surface area contributed by atoms with E-state index >= 15 is 0 Å². The fourth-order valence-electron chi connectivity index (χ4n) is 3.15. The Morgan fingerprint density at radius 2 is 1.60 bits per heavy atom. The van der Waals surface area contributed by atoms with Crippen molar-refractivity contribution in [3.8, 4) is 0 Å². The second kappa shape index (κ2) is 8.79. The van der Waals surface area contributed by atoms with E-state index in [2.05, 4.69) is 16.2 Å². The van der Waals surface area contributed by atoms with Crippen molar-refractivity contribution in [2.24, 2.45) is 0 Å². The lowest BCUT2D eigenvalue weighted by Gasteiger charge is -2.11. The predicted molar refractivity (Wildman–Crippen MR) is 126 cm³/mol. The number of rotatable bonds is 3. The second-order valence-electron chi connectivity index (χ2n) is 6.51. The van der Waals surface area contributed by atoms with Crippen molar-refractivity contribution in [1.29, 1.82) is 0 Å². The summed E-state index contributed by atoms with van der Waals surface area (Å²) in [6, 6.07) is 21.2. The molecule has 0 saturated heterocycles. The minimum absolute atomic E-state index is 0.00539. The van der Waals surface area contributed by atoms with Crippen molar-refractivity contribution in [3.05, 3.63) is 82.2 Å². The summed E-state index contributed by atoms with van der Waals surface area (Å²) in [7, 11) is 0. The van der Waals surface area contributed by atoms with Crippen LogP contribution in [0.15, 0.2) is 66.7 Å². The number of halogens is 1. The van der Waals surface area contributed by atoms with E-state index in [1.54, 1.807) is 0 Å². The van der Waals surface area contributed by atoms with Gasteiger partial charge < -0.3 is 5.32 Å². The summed E-state index contributed by atoms with van der Waals surface area (Å²) in [6.07, 6.45) is 0.166. The lowest BCUT2D eigenvalue weighted by atomic mass is 10.0. The van der Waals surface area contributed by atoms with Crippen molar-refractivity contribution in [3.63, 3.8) is 0 Å². The summed E-state index contributed by atoms with van der Waals surface area (Å²) >= 11 is 12.7. The van der Waals surface area contributed by atoms with Gasteiger partial charge in [0.05, 0.1) is 11.4 Å². The smallest absolute Gasteiger partial charge is 0.281 e. The molecule has 0 radical (unpaired) electrons. The molecule has 1 heterocycles. The molecule has 150 valence electrons. The zero-order valence-electron chi connectivity index (χ0n) is 15.6. The van der Waals surface area contributed by atoms with Crippen molar-refractivity contribution in [1.82, 2.24) is 16.2 Å². The second-order valence-corrected chi connectivity index (χ2v) is 8.35. The standard InChI is InChI=1S/C22H16ClN3O2S2/c23-19-16-10-3-4-11-17(16)30-20(19)21(28)25-26-22(29)24-18(27)12-14-8-5-7-13-6-1-2-9-15(13)14/h1-11H,12H2,(H,25,28)(H2,24,26,27,29). The van der Waals surface area contributed by atoms with Gasteiger partial charge in [-0.15, -0.1) is 11.3 Å². The number of carbonyl (C=O) groups is 2. The molecule has 0 aliphatic rings. The minimum atomic E-state index is -0.424. The summed E-state index contributed by atoms with van der Waals surface area (Å²) in [6.45, 7) is 0. The average Bonchev–Trinajstić information content (AvgIpc) is 3.09. The van der Waals surface area contributed by atoms with Crippen LogP contribution in [0.25, 0.3) is 20.9 Å². The van der Waals surface area contributed by atoms with Crippen molar-refractivity contribution < 1.29 is 9.59 Å². The number of thiocarbonyl (C=S) groups is 1. The van der Waals surface area contributed by atoms with E-state index in [9.17, 15) is 9.59 Å². The van der Waals surface area contributed by atoms with Gasteiger partial charge in [0, 0.05) is 10.1 Å². The van der Waals surface area contributed by atoms with Crippen LogP contribution in [-0.4, -0.2) is 16.9 Å². The maximum atomic E-state index is 12.4. The molecule has 2 amide bonds. The number of nitrogens with one attached hydrogen (secondary N) is 3. The first-order valence-corrected chi connectivity index (χ1v) is 10.7. The third kappa shape index (κ3) is 4.28. The Morgan fingerprint density at radius 3 is 2.40 bits per heavy atom. The van der Waals surface area contributed by atoms with E-state index in [0.29, 0.717) is 9.90 Å². The van der Waals surface area contributed by atoms with E-state index in [-0.39, 0.29) is 17.4 Å². The predicted octanol–water partition coefficient (Wildman–Crippen LogP) is 4.59. The number of hydrazine groups is 1. The zero-order valence-corrected chi connectivity index (χ0v) is 18.0. The summed E-state index contributed by atoms with van der Waals surface area (Å²) in [5.41, 5.74) is 5.93. The van der Waals surface area contributed by atoms with Gasteiger partial charge in [-0.3, -0.25) is 20.4 Å². The molecule has 0 atom stereocenters. The molecule has 8 heteroatoms. The Kier molecular flexibility index (Phi) is 5.94. The molecule has 3 aromatic carbocycles. The Morgan fingerprint density at radius 1 is 0.900 bits per heavy atom. The van der Waals surface area contributed by atoms with Gasteiger partial charge >= 0.3 is 0 Å². The highest BCUT2D eigenvalue weighted by Crippen LogP contribution is 2.34. The lowest BCUT2D eigenvalue weighted by molar-refractivity contribution is -0.119. The molecule has 0 saturated carbocycles. The van der Waals surface area contributed by atoms with E-state index in [4.69, 9.17) is 23.8 Å². The molecule has 4 aromatic rings. The Bertz CT molecular complexity index is 1280. The maximum Gasteiger partial charge on any atom is 0.281 e. The first kappa shape index (κ1) is 20.3. The third-order valence-electron chi connectivity index (χ3n) is 4.51. The average molecular weight is 454 g/mol. The van der Waals surface area contributed by atoms with Crippen LogP contribution in [0.3, 0.4) is 0 Å². The first-order chi connectivity index (χ1) is 14.5. The van der Waals surface area contributed by atoms with Crippen LogP contribution in [0.4, 0.5) is 0 Å². The SMILES string of the molecule is O=C(Cc1cccc2ccccc12)NC(=S)NNC(=O)c1sc2ccccc2c1Cl. The largest absolute Gasteiger partial charge is 0.302 e. The highest BCUT2D eigenvalue weighted by atomic mass is 35.5. The van der Waals surface area contributed by atoms with E-state index < -0.39 is 5.91 Å². The fraction of sp³-hybridized carbons (Fsp3) is 0.0455. The van der Waals surface area contributed by atoms with Crippen LogP contribution in [0, 0.1) is 0 Å².